The van der Waals surface area contributed by atoms with Gasteiger partial charge in [-0.05, 0) is 31.9 Å². The number of hydrogen-bond acceptors (Lipinski definition) is 2. The molecule has 0 saturated carbocycles. The lowest BCUT2D eigenvalue weighted by molar-refractivity contribution is -0.138. The van der Waals surface area contributed by atoms with Crippen LogP contribution in [0.25, 0.3) is 0 Å². The third-order valence-corrected chi connectivity index (χ3v) is 2.18. The molecule has 0 atom stereocenters. The Balaban J connectivity index is 2.66. The van der Waals surface area contributed by atoms with Crippen molar-refractivity contribution in [1.82, 2.24) is 0 Å². The van der Waals surface area contributed by atoms with Gasteiger partial charge in [0.2, 0.25) is 0 Å². The Bertz CT molecular complexity index is 397. The lowest BCUT2D eigenvalue weighted by Gasteiger charge is -2.02. The molecule has 0 N–H and O–H groups in total. The molecule has 1 aromatic carbocycles. The smallest absolute Gasteiger partial charge is 0.333 e. The van der Waals surface area contributed by atoms with Crippen LogP contribution in [0.15, 0.2) is 35.9 Å². The minimum absolute atomic E-state index is 0.254. The number of ether oxygens (including phenoxy) is 1. The second-order valence-electron chi connectivity index (χ2n) is 3.40. The standard InChI is InChI=1S/C13H15FO2/c1-3-16-13(15)10(2)8-9-11-6-4-5-7-12(11)14/h4-8H,3,9H2,1-2H3. The van der Waals surface area contributed by atoms with Crippen molar-refractivity contribution in [3.63, 3.8) is 0 Å². The van der Waals surface area contributed by atoms with Gasteiger partial charge in [0.05, 0.1) is 6.61 Å². The molecule has 16 heavy (non-hydrogen) atoms. The minimum atomic E-state index is -0.348. The van der Waals surface area contributed by atoms with Crippen molar-refractivity contribution >= 4 is 5.97 Å². The molecule has 0 aliphatic heterocycles. The third-order valence-electron chi connectivity index (χ3n) is 2.18. The maximum atomic E-state index is 13.2. The van der Waals surface area contributed by atoms with Crippen LogP contribution in [0.5, 0.6) is 0 Å². The third kappa shape index (κ3) is 3.50. The van der Waals surface area contributed by atoms with E-state index in [2.05, 4.69) is 0 Å². The molecule has 0 fully saturated rings. The second-order valence-corrected chi connectivity index (χ2v) is 3.40. The number of benzene rings is 1. The summed E-state index contributed by atoms with van der Waals surface area (Å²) in [6, 6.07) is 6.51. The molecule has 0 saturated heterocycles. The van der Waals surface area contributed by atoms with Gasteiger partial charge in [-0.15, -0.1) is 0 Å². The molecular formula is C13H15FO2. The maximum Gasteiger partial charge on any atom is 0.333 e. The first-order valence-electron chi connectivity index (χ1n) is 5.22. The van der Waals surface area contributed by atoms with Gasteiger partial charge in [-0.2, -0.15) is 0 Å². The van der Waals surface area contributed by atoms with Crippen LogP contribution in [-0.2, 0) is 16.0 Å². The predicted octanol–water partition coefficient (Wildman–Crippen LogP) is 2.88. The van der Waals surface area contributed by atoms with Crippen LogP contribution in [0.4, 0.5) is 4.39 Å². The number of carbonyl (C=O) groups is 1. The topological polar surface area (TPSA) is 26.3 Å². The van der Waals surface area contributed by atoms with Gasteiger partial charge in [0.15, 0.2) is 0 Å². The molecule has 0 bridgehead atoms. The average molecular weight is 222 g/mol. The molecule has 0 unspecified atom stereocenters. The van der Waals surface area contributed by atoms with E-state index in [0.717, 1.165) is 0 Å². The second kappa shape index (κ2) is 6.05. The molecule has 0 spiro atoms. The summed E-state index contributed by atoms with van der Waals surface area (Å²) < 4.78 is 18.1. The summed E-state index contributed by atoms with van der Waals surface area (Å²) in [5, 5.41) is 0. The molecular weight excluding hydrogens is 207 g/mol. The van der Waals surface area contributed by atoms with Gasteiger partial charge < -0.3 is 4.74 Å². The quantitative estimate of drug-likeness (QED) is 0.578. The Morgan fingerprint density at radius 3 is 2.75 bits per heavy atom. The van der Waals surface area contributed by atoms with Crippen molar-refractivity contribution in [3.05, 3.63) is 47.3 Å². The molecule has 86 valence electrons. The Labute approximate surface area is 94.7 Å². The van der Waals surface area contributed by atoms with Crippen LogP contribution >= 0.6 is 0 Å². The van der Waals surface area contributed by atoms with Gasteiger partial charge in [0.1, 0.15) is 5.82 Å². The highest BCUT2D eigenvalue weighted by Gasteiger charge is 2.04. The summed E-state index contributed by atoms with van der Waals surface area (Å²) in [6.45, 7) is 3.77. The Morgan fingerprint density at radius 1 is 1.44 bits per heavy atom. The van der Waals surface area contributed by atoms with E-state index in [4.69, 9.17) is 4.74 Å². The molecule has 0 aliphatic rings. The van der Waals surface area contributed by atoms with E-state index in [9.17, 15) is 9.18 Å². The first kappa shape index (κ1) is 12.4. The number of allylic oxidation sites excluding steroid dienone is 1. The predicted molar refractivity (Wildman–Crippen MR) is 60.5 cm³/mol. The lowest BCUT2D eigenvalue weighted by atomic mass is 10.1. The van der Waals surface area contributed by atoms with Gasteiger partial charge >= 0.3 is 5.97 Å². The largest absolute Gasteiger partial charge is 0.463 e. The fraction of sp³-hybridized carbons (Fsp3) is 0.308. The van der Waals surface area contributed by atoms with Crippen LogP contribution in [-0.4, -0.2) is 12.6 Å². The van der Waals surface area contributed by atoms with Crippen LogP contribution in [0.2, 0.25) is 0 Å². The fourth-order valence-corrected chi connectivity index (χ4v) is 1.26. The van der Waals surface area contributed by atoms with E-state index < -0.39 is 0 Å². The number of carbonyl (C=O) groups excluding carboxylic acids is 1. The van der Waals surface area contributed by atoms with Crippen molar-refractivity contribution in [2.24, 2.45) is 0 Å². The number of rotatable bonds is 4. The zero-order valence-corrected chi connectivity index (χ0v) is 9.50. The summed E-state index contributed by atoms with van der Waals surface area (Å²) in [7, 11) is 0. The highest BCUT2D eigenvalue weighted by Crippen LogP contribution is 2.09. The Hall–Kier alpha value is -1.64. The van der Waals surface area contributed by atoms with Gasteiger partial charge in [-0.3, -0.25) is 0 Å². The summed E-state index contributed by atoms with van der Waals surface area (Å²) in [6.07, 6.45) is 2.08. The van der Waals surface area contributed by atoms with E-state index in [0.29, 0.717) is 24.2 Å². The van der Waals surface area contributed by atoms with Crippen LogP contribution in [0, 0.1) is 5.82 Å². The van der Waals surface area contributed by atoms with Crippen molar-refractivity contribution in [3.8, 4) is 0 Å². The summed E-state index contributed by atoms with van der Waals surface area (Å²) in [4.78, 5) is 11.3. The molecule has 2 nitrogen and oxygen atoms in total. The summed E-state index contributed by atoms with van der Waals surface area (Å²) in [5.74, 6) is -0.603. The SMILES string of the molecule is CCOC(=O)C(C)=CCc1ccccc1F. The molecule has 0 heterocycles. The summed E-state index contributed by atoms with van der Waals surface area (Å²) in [5.41, 5.74) is 1.08. The first-order valence-corrected chi connectivity index (χ1v) is 5.22. The number of hydrogen-bond donors (Lipinski definition) is 0. The monoisotopic (exact) mass is 222 g/mol. The van der Waals surface area contributed by atoms with Gasteiger partial charge in [-0.25, -0.2) is 9.18 Å². The molecule has 0 radical (unpaired) electrons. The molecule has 1 aromatic rings. The maximum absolute atomic E-state index is 13.2. The van der Waals surface area contributed by atoms with E-state index in [1.54, 1.807) is 38.1 Å². The molecule has 1 rings (SSSR count). The molecule has 0 aliphatic carbocycles. The highest BCUT2D eigenvalue weighted by molar-refractivity contribution is 5.87. The van der Waals surface area contributed by atoms with E-state index in [1.807, 2.05) is 0 Å². The van der Waals surface area contributed by atoms with Crippen molar-refractivity contribution in [2.75, 3.05) is 6.61 Å². The fourth-order valence-electron chi connectivity index (χ4n) is 1.26. The van der Waals surface area contributed by atoms with Crippen LogP contribution in [0.1, 0.15) is 19.4 Å². The zero-order valence-electron chi connectivity index (χ0n) is 9.50. The van der Waals surface area contributed by atoms with E-state index in [-0.39, 0.29) is 11.8 Å². The Morgan fingerprint density at radius 2 is 2.12 bits per heavy atom. The van der Waals surface area contributed by atoms with E-state index in [1.165, 1.54) is 6.07 Å². The van der Waals surface area contributed by atoms with Crippen molar-refractivity contribution < 1.29 is 13.9 Å². The van der Waals surface area contributed by atoms with Crippen LogP contribution < -0.4 is 0 Å². The molecule has 0 aromatic heterocycles. The van der Waals surface area contributed by atoms with Gasteiger partial charge in [0, 0.05) is 5.57 Å². The number of esters is 1. The van der Waals surface area contributed by atoms with Gasteiger partial charge in [-0.1, -0.05) is 24.3 Å². The van der Waals surface area contributed by atoms with Gasteiger partial charge in [0.25, 0.3) is 0 Å². The minimum Gasteiger partial charge on any atom is -0.463 e. The number of halogens is 1. The van der Waals surface area contributed by atoms with Crippen molar-refractivity contribution in [1.29, 1.82) is 0 Å². The van der Waals surface area contributed by atoms with Crippen LogP contribution in [0.3, 0.4) is 0 Å². The first-order chi connectivity index (χ1) is 7.65. The van der Waals surface area contributed by atoms with E-state index >= 15 is 0 Å². The van der Waals surface area contributed by atoms with Crippen molar-refractivity contribution in [2.45, 2.75) is 20.3 Å². The molecule has 3 heteroatoms. The normalized spacial score (nSPS) is 11.3. The Kier molecular flexibility index (Phi) is 4.70. The zero-order chi connectivity index (χ0) is 12.0. The average Bonchev–Trinajstić information content (AvgIpc) is 2.28. The summed E-state index contributed by atoms with van der Waals surface area (Å²) >= 11 is 0. The lowest BCUT2D eigenvalue weighted by Crippen LogP contribution is -2.05. The molecule has 0 amide bonds. The highest BCUT2D eigenvalue weighted by atomic mass is 19.1.